The second-order valence-corrected chi connectivity index (χ2v) is 5.17. The lowest BCUT2D eigenvalue weighted by Gasteiger charge is -2.08. The number of hydrogen-bond donors (Lipinski definition) is 1. The Bertz CT molecular complexity index is 862. The molecular weight excluding hydrogens is 321 g/mol. The highest BCUT2D eigenvalue weighted by molar-refractivity contribution is 6.30. The Hall–Kier alpha value is -2.60. The van der Waals surface area contributed by atoms with Crippen LogP contribution in [0.3, 0.4) is 0 Å². The summed E-state index contributed by atoms with van der Waals surface area (Å²) in [4.78, 5) is 16.3. The minimum absolute atomic E-state index is 0.245. The van der Waals surface area contributed by atoms with Crippen LogP contribution in [0.15, 0.2) is 42.6 Å². The molecule has 2 heterocycles. The van der Waals surface area contributed by atoms with Crippen LogP contribution in [0.1, 0.15) is 6.92 Å². The Morgan fingerprint density at radius 3 is 2.74 bits per heavy atom. The second-order valence-electron chi connectivity index (χ2n) is 4.74. The molecule has 0 aliphatic rings. The van der Waals surface area contributed by atoms with Crippen LogP contribution in [-0.2, 0) is 4.74 Å². The predicted octanol–water partition coefficient (Wildman–Crippen LogP) is 4.36. The average Bonchev–Trinajstić information content (AvgIpc) is 2.86. The van der Waals surface area contributed by atoms with E-state index in [0.717, 1.165) is 0 Å². The zero-order valence-electron chi connectivity index (χ0n) is 12.2. The normalized spacial score (nSPS) is 10.7. The number of benzene rings is 1. The summed E-state index contributed by atoms with van der Waals surface area (Å²) >= 11 is 6.02. The third kappa shape index (κ3) is 3.12. The third-order valence-electron chi connectivity index (χ3n) is 3.20. The van der Waals surface area contributed by atoms with E-state index in [1.807, 2.05) is 0 Å². The van der Waals surface area contributed by atoms with Crippen LogP contribution < -0.4 is 5.32 Å². The molecule has 0 atom stereocenters. The molecule has 3 rings (SSSR count). The molecule has 0 bridgehead atoms. The minimum atomic E-state index is -0.599. The Balaban J connectivity index is 2.15. The van der Waals surface area contributed by atoms with Crippen molar-refractivity contribution in [1.29, 1.82) is 0 Å². The second kappa shape index (κ2) is 6.26. The number of amides is 1. The molecule has 2 aromatic heterocycles. The Morgan fingerprint density at radius 1 is 1.30 bits per heavy atom. The van der Waals surface area contributed by atoms with Gasteiger partial charge in [0.2, 0.25) is 0 Å². The van der Waals surface area contributed by atoms with E-state index >= 15 is 0 Å². The van der Waals surface area contributed by atoms with Gasteiger partial charge in [-0.05, 0) is 43.3 Å². The van der Waals surface area contributed by atoms with E-state index in [9.17, 15) is 9.18 Å². The molecule has 0 saturated carbocycles. The first-order valence-electron chi connectivity index (χ1n) is 6.96. The first kappa shape index (κ1) is 15.3. The standard InChI is InChI=1S/C16H13ClFN3O2/c1-2-23-16(22)20-15-14(10-3-6-12(18)7-4-10)19-13-8-5-11(17)9-21(13)15/h3-9H,2H2,1H3,(H,20,22). The summed E-state index contributed by atoms with van der Waals surface area (Å²) in [6, 6.07) is 9.28. The molecule has 5 nitrogen and oxygen atoms in total. The van der Waals surface area contributed by atoms with Gasteiger partial charge >= 0.3 is 6.09 Å². The van der Waals surface area contributed by atoms with E-state index in [2.05, 4.69) is 10.3 Å². The summed E-state index contributed by atoms with van der Waals surface area (Å²) in [7, 11) is 0. The number of ether oxygens (including phenoxy) is 1. The molecule has 0 aliphatic heterocycles. The summed E-state index contributed by atoms with van der Waals surface area (Å²) in [5.41, 5.74) is 1.76. The number of nitrogens with one attached hydrogen (secondary N) is 1. The molecule has 7 heteroatoms. The van der Waals surface area contributed by atoms with Crippen molar-refractivity contribution < 1.29 is 13.9 Å². The maximum absolute atomic E-state index is 13.1. The maximum Gasteiger partial charge on any atom is 0.412 e. The molecular formula is C16H13ClFN3O2. The van der Waals surface area contributed by atoms with Gasteiger partial charge in [-0.2, -0.15) is 0 Å². The van der Waals surface area contributed by atoms with Crippen molar-refractivity contribution in [3.8, 4) is 11.3 Å². The highest BCUT2D eigenvalue weighted by Gasteiger charge is 2.17. The first-order chi connectivity index (χ1) is 11.1. The number of halogens is 2. The van der Waals surface area contributed by atoms with Crippen LogP contribution in [0, 0.1) is 5.82 Å². The number of carbonyl (C=O) groups is 1. The van der Waals surface area contributed by atoms with Gasteiger partial charge in [0.25, 0.3) is 0 Å². The Labute approximate surface area is 136 Å². The fourth-order valence-corrected chi connectivity index (χ4v) is 2.37. The van der Waals surface area contributed by atoms with Crippen molar-refractivity contribution in [3.05, 3.63) is 53.4 Å². The Morgan fingerprint density at radius 2 is 2.04 bits per heavy atom. The zero-order valence-corrected chi connectivity index (χ0v) is 13.0. The highest BCUT2D eigenvalue weighted by atomic mass is 35.5. The topological polar surface area (TPSA) is 55.6 Å². The van der Waals surface area contributed by atoms with Crippen LogP contribution in [0.4, 0.5) is 15.0 Å². The minimum Gasteiger partial charge on any atom is -0.450 e. The fourth-order valence-electron chi connectivity index (χ4n) is 2.21. The summed E-state index contributed by atoms with van der Waals surface area (Å²) in [6.07, 6.45) is 1.04. The number of imidazole rings is 1. The van der Waals surface area contributed by atoms with Crippen molar-refractivity contribution in [1.82, 2.24) is 9.38 Å². The summed E-state index contributed by atoms with van der Waals surface area (Å²) in [5.74, 6) is 0.0630. The SMILES string of the molecule is CCOC(=O)Nc1c(-c2ccc(F)cc2)nc2ccc(Cl)cn12. The lowest BCUT2D eigenvalue weighted by Crippen LogP contribution is -2.15. The quantitative estimate of drug-likeness (QED) is 0.774. The molecule has 0 spiro atoms. The van der Waals surface area contributed by atoms with E-state index < -0.39 is 6.09 Å². The lowest BCUT2D eigenvalue weighted by molar-refractivity contribution is 0.168. The molecule has 118 valence electrons. The number of fused-ring (bicyclic) bond motifs is 1. The van der Waals surface area contributed by atoms with Crippen molar-refractivity contribution in [2.75, 3.05) is 11.9 Å². The molecule has 0 aliphatic carbocycles. The number of pyridine rings is 1. The van der Waals surface area contributed by atoms with Gasteiger partial charge in [-0.3, -0.25) is 9.72 Å². The van der Waals surface area contributed by atoms with Crippen LogP contribution in [0.25, 0.3) is 16.9 Å². The van der Waals surface area contributed by atoms with Crippen molar-refractivity contribution in [2.24, 2.45) is 0 Å². The van der Waals surface area contributed by atoms with Gasteiger partial charge in [-0.25, -0.2) is 14.2 Å². The van der Waals surface area contributed by atoms with E-state index in [0.29, 0.717) is 27.7 Å². The van der Waals surface area contributed by atoms with Gasteiger partial charge < -0.3 is 4.74 Å². The van der Waals surface area contributed by atoms with Crippen molar-refractivity contribution in [2.45, 2.75) is 6.92 Å². The van der Waals surface area contributed by atoms with Crippen LogP contribution in [-0.4, -0.2) is 22.1 Å². The largest absolute Gasteiger partial charge is 0.450 e. The number of carbonyl (C=O) groups excluding carboxylic acids is 1. The molecule has 23 heavy (non-hydrogen) atoms. The molecule has 0 unspecified atom stereocenters. The van der Waals surface area contributed by atoms with E-state index in [1.165, 1.54) is 12.1 Å². The third-order valence-corrected chi connectivity index (χ3v) is 3.42. The number of rotatable bonds is 3. The van der Waals surface area contributed by atoms with Crippen LogP contribution in [0.5, 0.6) is 0 Å². The smallest absolute Gasteiger partial charge is 0.412 e. The Kier molecular flexibility index (Phi) is 4.16. The van der Waals surface area contributed by atoms with Gasteiger partial charge in [0.15, 0.2) is 0 Å². The lowest BCUT2D eigenvalue weighted by atomic mass is 10.1. The van der Waals surface area contributed by atoms with Crippen LogP contribution in [0.2, 0.25) is 5.02 Å². The number of anilines is 1. The maximum atomic E-state index is 13.1. The number of aromatic nitrogens is 2. The summed E-state index contributed by atoms with van der Waals surface area (Å²) in [5, 5.41) is 3.15. The average molecular weight is 334 g/mol. The number of nitrogens with zero attached hydrogens (tertiary/aromatic N) is 2. The van der Waals surface area contributed by atoms with Gasteiger partial charge in [0.05, 0.1) is 11.6 Å². The molecule has 0 fully saturated rings. The summed E-state index contributed by atoms with van der Waals surface area (Å²) < 4.78 is 19.7. The van der Waals surface area contributed by atoms with Gasteiger partial charge in [-0.15, -0.1) is 0 Å². The molecule has 3 aromatic rings. The van der Waals surface area contributed by atoms with Crippen molar-refractivity contribution >= 4 is 29.2 Å². The molecule has 1 aromatic carbocycles. The summed E-state index contributed by atoms with van der Waals surface area (Å²) in [6.45, 7) is 1.96. The fraction of sp³-hybridized carbons (Fsp3) is 0.125. The van der Waals surface area contributed by atoms with Gasteiger partial charge in [0.1, 0.15) is 23.0 Å². The van der Waals surface area contributed by atoms with E-state index in [4.69, 9.17) is 16.3 Å². The zero-order chi connectivity index (χ0) is 16.4. The number of hydrogen-bond acceptors (Lipinski definition) is 3. The molecule has 0 radical (unpaired) electrons. The molecule has 1 amide bonds. The first-order valence-corrected chi connectivity index (χ1v) is 7.33. The predicted molar refractivity (Wildman–Crippen MR) is 86.2 cm³/mol. The van der Waals surface area contributed by atoms with E-state index in [-0.39, 0.29) is 12.4 Å². The van der Waals surface area contributed by atoms with Gasteiger partial charge in [-0.1, -0.05) is 11.6 Å². The monoisotopic (exact) mass is 333 g/mol. The van der Waals surface area contributed by atoms with E-state index in [1.54, 1.807) is 41.8 Å². The van der Waals surface area contributed by atoms with Gasteiger partial charge in [0, 0.05) is 11.8 Å². The molecule has 1 N–H and O–H groups in total. The molecule has 0 saturated heterocycles. The van der Waals surface area contributed by atoms with Crippen molar-refractivity contribution in [3.63, 3.8) is 0 Å². The highest BCUT2D eigenvalue weighted by Crippen LogP contribution is 2.30. The van der Waals surface area contributed by atoms with Crippen LogP contribution >= 0.6 is 11.6 Å².